The second kappa shape index (κ2) is 11.6. The molecule has 3 rings (SSSR count). The van der Waals surface area contributed by atoms with Crippen molar-refractivity contribution in [2.75, 3.05) is 32.7 Å². The van der Waals surface area contributed by atoms with Crippen molar-refractivity contribution >= 4 is 35.8 Å². The zero-order valence-electron chi connectivity index (χ0n) is 17.0. The number of piperidine rings is 1. The molecule has 1 aromatic heterocycles. The predicted molar refractivity (Wildman–Crippen MR) is 123 cm³/mol. The molecule has 0 bridgehead atoms. The Morgan fingerprint density at radius 1 is 1.25 bits per heavy atom. The van der Waals surface area contributed by atoms with Gasteiger partial charge in [0.2, 0.25) is 0 Å². The smallest absolute Gasteiger partial charge is 0.287 e. The molecule has 28 heavy (non-hydrogen) atoms. The van der Waals surface area contributed by atoms with E-state index in [-0.39, 0.29) is 29.9 Å². The molecule has 0 radical (unpaired) electrons. The number of nitrogens with zero attached hydrogens (tertiary/aromatic N) is 2. The highest BCUT2D eigenvalue weighted by Crippen LogP contribution is 2.29. The summed E-state index contributed by atoms with van der Waals surface area (Å²) < 4.78 is 5.20. The summed E-state index contributed by atoms with van der Waals surface area (Å²) in [4.78, 5) is 19.3. The first-order valence-corrected chi connectivity index (χ1v) is 10.3. The molecule has 1 aliphatic carbocycles. The molecule has 2 heterocycles. The SMILES string of the molecule is CCNC(=NCCCNC(=O)c1occc1C)NC1CCN(C2CC2)CC1.I. The van der Waals surface area contributed by atoms with E-state index in [1.165, 1.54) is 45.0 Å². The van der Waals surface area contributed by atoms with Crippen molar-refractivity contribution in [3.05, 3.63) is 23.7 Å². The minimum absolute atomic E-state index is 0. The van der Waals surface area contributed by atoms with E-state index < -0.39 is 0 Å². The maximum absolute atomic E-state index is 12.0. The monoisotopic (exact) mass is 503 g/mol. The minimum Gasteiger partial charge on any atom is -0.459 e. The van der Waals surface area contributed by atoms with Gasteiger partial charge in [0.15, 0.2) is 11.7 Å². The first-order valence-electron chi connectivity index (χ1n) is 10.3. The van der Waals surface area contributed by atoms with Crippen LogP contribution in [0.2, 0.25) is 0 Å². The summed E-state index contributed by atoms with van der Waals surface area (Å²) in [5.74, 6) is 1.12. The van der Waals surface area contributed by atoms with Crippen molar-refractivity contribution in [1.82, 2.24) is 20.9 Å². The van der Waals surface area contributed by atoms with Crippen LogP contribution in [0.5, 0.6) is 0 Å². The van der Waals surface area contributed by atoms with Crippen LogP contribution in [0.25, 0.3) is 0 Å². The highest BCUT2D eigenvalue weighted by molar-refractivity contribution is 14.0. The number of amides is 1. The standard InChI is InChI=1S/C20H33N5O2.HI/c1-3-21-20(24-16-7-12-25(13-8-16)17-5-6-17)23-11-4-10-22-19(26)18-15(2)9-14-27-18;/h9,14,16-17H,3-8,10-13H2,1-2H3,(H,22,26)(H2,21,23,24);1H. The number of hydrogen-bond acceptors (Lipinski definition) is 4. The Kier molecular flexibility index (Phi) is 9.57. The molecular weight excluding hydrogens is 469 g/mol. The number of furan rings is 1. The van der Waals surface area contributed by atoms with E-state index in [0.717, 1.165) is 30.5 Å². The fourth-order valence-electron chi connectivity index (χ4n) is 3.52. The molecule has 2 aliphatic rings. The van der Waals surface area contributed by atoms with Crippen LogP contribution in [0.4, 0.5) is 0 Å². The number of carbonyl (C=O) groups is 1. The Morgan fingerprint density at radius 3 is 2.61 bits per heavy atom. The molecule has 1 amide bonds. The first kappa shape index (κ1) is 23.0. The van der Waals surface area contributed by atoms with Crippen LogP contribution in [0.3, 0.4) is 0 Å². The number of likely N-dealkylation sites (tertiary alicyclic amines) is 1. The number of rotatable bonds is 8. The van der Waals surface area contributed by atoms with Crippen LogP contribution in [0.1, 0.15) is 55.1 Å². The molecule has 0 spiro atoms. The van der Waals surface area contributed by atoms with Crippen LogP contribution < -0.4 is 16.0 Å². The van der Waals surface area contributed by atoms with E-state index in [0.29, 0.717) is 24.9 Å². The number of halogens is 1. The number of nitrogens with one attached hydrogen (secondary N) is 3. The van der Waals surface area contributed by atoms with Crippen molar-refractivity contribution < 1.29 is 9.21 Å². The van der Waals surface area contributed by atoms with Crippen molar-refractivity contribution in [1.29, 1.82) is 0 Å². The lowest BCUT2D eigenvalue weighted by Gasteiger charge is -2.33. The van der Waals surface area contributed by atoms with E-state index in [1.54, 1.807) is 6.07 Å². The van der Waals surface area contributed by atoms with Gasteiger partial charge >= 0.3 is 0 Å². The van der Waals surface area contributed by atoms with Gasteiger partial charge in [-0.2, -0.15) is 0 Å². The van der Waals surface area contributed by atoms with Crippen molar-refractivity contribution in [2.24, 2.45) is 4.99 Å². The van der Waals surface area contributed by atoms with Crippen LogP contribution in [0.15, 0.2) is 21.7 Å². The molecule has 1 aliphatic heterocycles. The highest BCUT2D eigenvalue weighted by Gasteiger charge is 2.31. The van der Waals surface area contributed by atoms with Gasteiger partial charge in [-0.25, -0.2) is 0 Å². The van der Waals surface area contributed by atoms with E-state index in [9.17, 15) is 4.79 Å². The maximum atomic E-state index is 12.0. The van der Waals surface area contributed by atoms with E-state index >= 15 is 0 Å². The molecule has 2 fully saturated rings. The topological polar surface area (TPSA) is 81.9 Å². The van der Waals surface area contributed by atoms with Crippen molar-refractivity contribution in [2.45, 2.75) is 58.0 Å². The molecule has 0 aromatic carbocycles. The number of hydrogen-bond donors (Lipinski definition) is 3. The lowest BCUT2D eigenvalue weighted by molar-refractivity contribution is 0.0925. The number of carbonyl (C=O) groups excluding carboxylic acids is 1. The van der Waals surface area contributed by atoms with Gasteiger partial charge in [-0.05, 0) is 52.0 Å². The summed E-state index contributed by atoms with van der Waals surface area (Å²) in [6, 6.07) is 3.16. The number of aryl methyl sites for hydroxylation is 1. The number of aliphatic imine (C=N–C) groups is 1. The zero-order valence-corrected chi connectivity index (χ0v) is 19.3. The highest BCUT2D eigenvalue weighted by atomic mass is 127. The summed E-state index contributed by atoms with van der Waals surface area (Å²) in [6.07, 6.45) is 7.47. The van der Waals surface area contributed by atoms with Crippen LogP contribution >= 0.6 is 24.0 Å². The molecular formula is C20H34IN5O2. The number of guanidine groups is 1. The maximum Gasteiger partial charge on any atom is 0.287 e. The summed E-state index contributed by atoms with van der Waals surface area (Å²) >= 11 is 0. The lowest BCUT2D eigenvalue weighted by atomic mass is 10.1. The summed E-state index contributed by atoms with van der Waals surface area (Å²) in [5, 5.41) is 9.79. The Balaban J connectivity index is 0.00000280. The third kappa shape index (κ3) is 6.95. The largest absolute Gasteiger partial charge is 0.459 e. The Morgan fingerprint density at radius 2 is 2.00 bits per heavy atom. The third-order valence-corrected chi connectivity index (χ3v) is 5.24. The van der Waals surface area contributed by atoms with Gasteiger partial charge in [0.25, 0.3) is 5.91 Å². The molecule has 0 unspecified atom stereocenters. The predicted octanol–water partition coefficient (Wildman–Crippen LogP) is 2.51. The van der Waals surface area contributed by atoms with Crippen LogP contribution in [0, 0.1) is 6.92 Å². The molecule has 1 saturated carbocycles. The normalized spacial score (nSPS) is 18.4. The summed E-state index contributed by atoms with van der Waals surface area (Å²) in [6.45, 7) is 8.45. The Bertz CT molecular complexity index is 636. The summed E-state index contributed by atoms with van der Waals surface area (Å²) in [5.41, 5.74) is 0.858. The van der Waals surface area contributed by atoms with Gasteiger partial charge in [-0.1, -0.05) is 0 Å². The molecule has 7 nitrogen and oxygen atoms in total. The Labute approximate surface area is 185 Å². The van der Waals surface area contributed by atoms with Gasteiger partial charge < -0.3 is 25.3 Å². The van der Waals surface area contributed by atoms with Crippen molar-refractivity contribution in [3.63, 3.8) is 0 Å². The van der Waals surface area contributed by atoms with Gasteiger partial charge in [-0.3, -0.25) is 9.79 Å². The second-order valence-electron chi connectivity index (χ2n) is 7.49. The van der Waals surface area contributed by atoms with Crippen molar-refractivity contribution in [3.8, 4) is 0 Å². The van der Waals surface area contributed by atoms with Crippen LogP contribution in [-0.2, 0) is 0 Å². The summed E-state index contributed by atoms with van der Waals surface area (Å²) in [7, 11) is 0. The molecule has 8 heteroatoms. The van der Waals surface area contributed by atoms with Gasteiger partial charge in [0.05, 0.1) is 6.26 Å². The molecule has 0 atom stereocenters. The molecule has 1 aromatic rings. The zero-order chi connectivity index (χ0) is 19.1. The molecule has 1 saturated heterocycles. The van der Waals surface area contributed by atoms with Gasteiger partial charge in [0.1, 0.15) is 0 Å². The Hall–Kier alpha value is -1.29. The molecule has 158 valence electrons. The van der Waals surface area contributed by atoms with E-state index in [2.05, 4.69) is 32.8 Å². The van der Waals surface area contributed by atoms with E-state index in [1.807, 2.05) is 6.92 Å². The fraction of sp³-hybridized carbons (Fsp3) is 0.700. The van der Waals surface area contributed by atoms with Crippen LogP contribution in [-0.4, -0.2) is 61.6 Å². The second-order valence-corrected chi connectivity index (χ2v) is 7.49. The quantitative estimate of drug-likeness (QED) is 0.220. The van der Waals surface area contributed by atoms with Gasteiger partial charge in [0, 0.05) is 50.4 Å². The average molecular weight is 503 g/mol. The van der Waals surface area contributed by atoms with E-state index in [4.69, 9.17) is 4.42 Å². The van der Waals surface area contributed by atoms with Gasteiger partial charge in [-0.15, -0.1) is 24.0 Å². The molecule has 3 N–H and O–H groups in total. The average Bonchev–Trinajstić information content (AvgIpc) is 3.43. The fourth-order valence-corrected chi connectivity index (χ4v) is 3.52. The minimum atomic E-state index is -0.158. The first-order chi connectivity index (χ1) is 13.2. The third-order valence-electron chi connectivity index (χ3n) is 5.24. The lowest BCUT2D eigenvalue weighted by Crippen LogP contribution is -2.49.